The molecule has 3 nitrogen and oxygen atoms in total. The van der Waals surface area contributed by atoms with Crippen molar-refractivity contribution < 1.29 is 4.74 Å². The summed E-state index contributed by atoms with van der Waals surface area (Å²) in [5.41, 5.74) is 5.19. The number of unbranched alkanes of at least 4 members (excludes halogenated alkanes) is 2. The summed E-state index contributed by atoms with van der Waals surface area (Å²) in [5.74, 6) is 0. The number of hydrogen-bond acceptors (Lipinski definition) is 3. The molecule has 0 aliphatic rings. The number of nitriles is 1. The van der Waals surface area contributed by atoms with E-state index in [1.54, 1.807) is 0 Å². The minimum atomic E-state index is 0.582. The summed E-state index contributed by atoms with van der Waals surface area (Å²) in [5, 5.41) is 8.16. The topological polar surface area (TPSA) is 59.0 Å². The summed E-state index contributed by atoms with van der Waals surface area (Å²) >= 11 is 0. The van der Waals surface area contributed by atoms with Crippen molar-refractivity contribution in [1.29, 1.82) is 5.26 Å². The van der Waals surface area contributed by atoms with Gasteiger partial charge in [-0.25, -0.2) is 0 Å². The van der Waals surface area contributed by atoms with E-state index in [1.807, 2.05) is 0 Å². The highest BCUT2D eigenvalue weighted by atomic mass is 16.5. The average Bonchev–Trinajstić information content (AvgIpc) is 1.97. The van der Waals surface area contributed by atoms with Crippen molar-refractivity contribution in [3.8, 4) is 6.07 Å². The van der Waals surface area contributed by atoms with Gasteiger partial charge in [-0.1, -0.05) is 0 Å². The van der Waals surface area contributed by atoms with Gasteiger partial charge in [-0.05, 0) is 12.8 Å². The van der Waals surface area contributed by atoms with E-state index in [-0.39, 0.29) is 0 Å². The lowest BCUT2D eigenvalue weighted by atomic mass is 10.3. The lowest BCUT2D eigenvalue weighted by molar-refractivity contribution is 0.138. The molecule has 0 aromatic rings. The monoisotopic (exact) mass is 142 g/mol. The summed E-state index contributed by atoms with van der Waals surface area (Å²) in [6, 6.07) is 2.08. The number of hydrogen-bond donors (Lipinski definition) is 1. The highest BCUT2D eigenvalue weighted by Gasteiger charge is 1.86. The Morgan fingerprint density at radius 2 is 2.10 bits per heavy atom. The Labute approximate surface area is 61.8 Å². The van der Waals surface area contributed by atoms with Crippen LogP contribution in [0, 0.1) is 11.3 Å². The van der Waals surface area contributed by atoms with Crippen LogP contribution < -0.4 is 5.73 Å². The highest BCUT2D eigenvalue weighted by Crippen LogP contribution is 1.93. The highest BCUT2D eigenvalue weighted by molar-refractivity contribution is 4.67. The molecule has 0 bridgehead atoms. The van der Waals surface area contributed by atoms with Crippen LogP contribution in [0.1, 0.15) is 19.3 Å². The van der Waals surface area contributed by atoms with Gasteiger partial charge in [-0.2, -0.15) is 5.26 Å². The zero-order chi connectivity index (χ0) is 7.66. The van der Waals surface area contributed by atoms with Crippen molar-refractivity contribution in [2.45, 2.75) is 19.3 Å². The molecule has 0 atom stereocenters. The third-order valence-electron chi connectivity index (χ3n) is 1.09. The van der Waals surface area contributed by atoms with E-state index in [4.69, 9.17) is 15.7 Å². The molecule has 0 amide bonds. The van der Waals surface area contributed by atoms with E-state index in [1.165, 1.54) is 0 Å². The molecule has 0 fully saturated rings. The van der Waals surface area contributed by atoms with Crippen molar-refractivity contribution in [2.75, 3.05) is 19.8 Å². The van der Waals surface area contributed by atoms with Crippen molar-refractivity contribution in [3.63, 3.8) is 0 Å². The third kappa shape index (κ3) is 7.41. The van der Waals surface area contributed by atoms with Gasteiger partial charge in [0.1, 0.15) is 0 Å². The van der Waals surface area contributed by atoms with Crippen LogP contribution in [-0.2, 0) is 4.74 Å². The van der Waals surface area contributed by atoms with Gasteiger partial charge in [-0.15, -0.1) is 0 Å². The third-order valence-corrected chi connectivity index (χ3v) is 1.09. The number of nitrogens with two attached hydrogens (primary N) is 1. The zero-order valence-corrected chi connectivity index (χ0v) is 6.18. The van der Waals surface area contributed by atoms with Crippen LogP contribution in [0.5, 0.6) is 0 Å². The van der Waals surface area contributed by atoms with Crippen molar-refractivity contribution >= 4 is 0 Å². The Morgan fingerprint density at radius 3 is 2.70 bits per heavy atom. The molecule has 0 aromatic heterocycles. The zero-order valence-electron chi connectivity index (χ0n) is 6.18. The largest absolute Gasteiger partial charge is 0.380 e. The molecule has 0 rings (SSSR count). The molecule has 0 aliphatic carbocycles. The van der Waals surface area contributed by atoms with E-state index >= 15 is 0 Å². The molecule has 2 N–H and O–H groups in total. The van der Waals surface area contributed by atoms with Crippen molar-refractivity contribution in [1.82, 2.24) is 0 Å². The summed E-state index contributed by atoms with van der Waals surface area (Å²) in [4.78, 5) is 0. The minimum Gasteiger partial charge on any atom is -0.380 e. The average molecular weight is 142 g/mol. The van der Waals surface area contributed by atoms with Crippen LogP contribution in [-0.4, -0.2) is 19.8 Å². The van der Waals surface area contributed by atoms with Crippen LogP contribution in [0.15, 0.2) is 0 Å². The molecule has 0 unspecified atom stereocenters. The smallest absolute Gasteiger partial charge is 0.0621 e. The molecule has 0 radical (unpaired) electrons. The molecular weight excluding hydrogens is 128 g/mol. The first-order chi connectivity index (χ1) is 4.91. The summed E-state index contributed by atoms with van der Waals surface area (Å²) in [6.45, 7) is 1.95. The second-order valence-electron chi connectivity index (χ2n) is 2.02. The maximum Gasteiger partial charge on any atom is 0.0621 e. The summed E-state index contributed by atoms with van der Waals surface area (Å²) in [7, 11) is 0. The Kier molecular flexibility index (Phi) is 7.91. The van der Waals surface area contributed by atoms with Crippen LogP contribution in [0.4, 0.5) is 0 Å². The van der Waals surface area contributed by atoms with Crippen LogP contribution >= 0.6 is 0 Å². The molecular formula is C7H14N2O. The second-order valence-corrected chi connectivity index (χ2v) is 2.02. The molecule has 0 saturated heterocycles. The predicted octanol–water partition coefficient (Wildman–Crippen LogP) is 0.656. The van der Waals surface area contributed by atoms with Gasteiger partial charge in [0.05, 0.1) is 12.7 Å². The van der Waals surface area contributed by atoms with Gasteiger partial charge in [-0.3, -0.25) is 0 Å². The fourth-order valence-electron chi connectivity index (χ4n) is 0.594. The maximum absolute atomic E-state index is 8.16. The van der Waals surface area contributed by atoms with E-state index in [9.17, 15) is 0 Å². The van der Waals surface area contributed by atoms with Gasteiger partial charge in [0.25, 0.3) is 0 Å². The normalized spacial score (nSPS) is 9.20. The van der Waals surface area contributed by atoms with Gasteiger partial charge in [0.2, 0.25) is 0 Å². The predicted molar refractivity (Wildman–Crippen MR) is 39.3 cm³/mol. The van der Waals surface area contributed by atoms with Crippen LogP contribution in [0.3, 0.4) is 0 Å². The summed E-state index contributed by atoms with van der Waals surface area (Å²) < 4.78 is 5.09. The van der Waals surface area contributed by atoms with Crippen LogP contribution in [0.25, 0.3) is 0 Å². The molecule has 3 heteroatoms. The SMILES string of the molecule is N#CCCCCOCCN. The molecule has 58 valence electrons. The molecule has 0 aliphatic heterocycles. The number of rotatable bonds is 6. The Hall–Kier alpha value is -0.590. The van der Waals surface area contributed by atoms with Gasteiger partial charge in [0.15, 0.2) is 0 Å². The summed E-state index contributed by atoms with van der Waals surface area (Å²) in [6.07, 6.45) is 2.53. The molecule has 0 aromatic carbocycles. The maximum atomic E-state index is 8.16. The van der Waals surface area contributed by atoms with Gasteiger partial charge < -0.3 is 10.5 Å². The number of nitrogens with zero attached hydrogens (tertiary/aromatic N) is 1. The van der Waals surface area contributed by atoms with Crippen LogP contribution in [0.2, 0.25) is 0 Å². The number of ether oxygens (including phenoxy) is 1. The van der Waals surface area contributed by atoms with E-state index in [0.29, 0.717) is 19.6 Å². The first-order valence-electron chi connectivity index (χ1n) is 3.56. The first kappa shape index (κ1) is 9.41. The minimum absolute atomic E-state index is 0.582. The van der Waals surface area contributed by atoms with Gasteiger partial charge >= 0.3 is 0 Å². The molecule has 10 heavy (non-hydrogen) atoms. The Morgan fingerprint density at radius 1 is 1.30 bits per heavy atom. The molecule has 0 spiro atoms. The molecule has 0 heterocycles. The lowest BCUT2D eigenvalue weighted by Crippen LogP contribution is -2.08. The second kappa shape index (κ2) is 8.41. The van der Waals surface area contributed by atoms with E-state index < -0.39 is 0 Å². The first-order valence-corrected chi connectivity index (χ1v) is 3.56. The quantitative estimate of drug-likeness (QED) is 0.554. The Bertz CT molecular complexity index is 98.3. The lowest BCUT2D eigenvalue weighted by Gasteiger charge is -1.98. The fourth-order valence-corrected chi connectivity index (χ4v) is 0.594. The van der Waals surface area contributed by atoms with Crippen molar-refractivity contribution in [2.24, 2.45) is 5.73 Å². The molecule has 0 saturated carbocycles. The van der Waals surface area contributed by atoms with E-state index in [0.717, 1.165) is 19.4 Å². The Balaban J connectivity index is 2.72. The standard InChI is InChI=1S/C7H14N2O/c8-4-2-1-3-6-10-7-5-9/h1-3,5-7,9H2. The fraction of sp³-hybridized carbons (Fsp3) is 0.857. The van der Waals surface area contributed by atoms with Gasteiger partial charge in [0, 0.05) is 19.6 Å². The van der Waals surface area contributed by atoms with E-state index in [2.05, 4.69) is 6.07 Å². The van der Waals surface area contributed by atoms with Crippen molar-refractivity contribution in [3.05, 3.63) is 0 Å².